The number of carbonyl (C=O) groups is 2. The number of carbonyl (C=O) groups excluding carboxylic acids is 2. The molecule has 128 valence electrons. The third-order valence-electron chi connectivity index (χ3n) is 4.14. The van der Waals surface area contributed by atoms with Gasteiger partial charge in [-0.15, -0.1) is 0 Å². The van der Waals surface area contributed by atoms with Gasteiger partial charge in [0.1, 0.15) is 0 Å². The Hall–Kier alpha value is -1.10. The highest BCUT2D eigenvalue weighted by Gasteiger charge is 2.34. The van der Waals surface area contributed by atoms with Crippen molar-refractivity contribution >= 4 is 11.9 Å². The highest BCUT2D eigenvalue weighted by atomic mass is 16.2. The maximum Gasteiger partial charge on any atom is 0.321 e. The van der Waals surface area contributed by atoms with Gasteiger partial charge in [-0.2, -0.15) is 0 Å². The topological polar surface area (TPSA) is 70.2 Å². The van der Waals surface area contributed by atoms with Gasteiger partial charge < -0.3 is 10.6 Å². The van der Waals surface area contributed by atoms with Gasteiger partial charge in [-0.05, 0) is 44.9 Å². The van der Waals surface area contributed by atoms with Crippen LogP contribution in [0.4, 0.5) is 4.79 Å². The molecule has 0 aromatic rings. The summed E-state index contributed by atoms with van der Waals surface area (Å²) in [5.41, 5.74) is -0.114. The van der Waals surface area contributed by atoms with Gasteiger partial charge in [0.05, 0.1) is 6.54 Å². The first-order valence-electron chi connectivity index (χ1n) is 8.34. The van der Waals surface area contributed by atoms with Crippen LogP contribution in [0.15, 0.2) is 0 Å². The average Bonchev–Trinajstić information content (AvgIpc) is 2.33. The number of nitrogens with one attached hydrogen (secondary N) is 3. The Morgan fingerprint density at radius 3 is 2.14 bits per heavy atom. The fraction of sp³-hybridized carbons (Fsp3) is 0.882. The van der Waals surface area contributed by atoms with Gasteiger partial charge in [0.15, 0.2) is 0 Å². The molecule has 1 saturated carbocycles. The average molecular weight is 311 g/mol. The second-order valence-electron chi connectivity index (χ2n) is 8.50. The van der Waals surface area contributed by atoms with Crippen molar-refractivity contribution in [2.24, 2.45) is 11.3 Å². The second-order valence-corrected chi connectivity index (χ2v) is 8.50. The van der Waals surface area contributed by atoms with E-state index < -0.39 is 6.03 Å². The molecule has 0 spiro atoms. The summed E-state index contributed by atoms with van der Waals surface area (Å²) >= 11 is 0. The standard InChI is InChI=1S/C17H33N3O2/c1-16(2,3)12-9-7-8-10-13(12)18-11-14(21)19-15(22)20-17(4,5)6/h12-13,18H,7-11H2,1-6H3,(H2,19,20,21,22). The Balaban J connectivity index is 2.44. The smallest absolute Gasteiger partial charge is 0.321 e. The lowest BCUT2D eigenvalue weighted by molar-refractivity contribution is -0.119. The highest BCUT2D eigenvalue weighted by Crippen LogP contribution is 2.37. The van der Waals surface area contributed by atoms with Gasteiger partial charge in [-0.3, -0.25) is 10.1 Å². The first kappa shape index (κ1) is 18.9. The summed E-state index contributed by atoms with van der Waals surface area (Å²) < 4.78 is 0. The maximum absolute atomic E-state index is 11.9. The molecule has 1 rings (SSSR count). The van der Waals surface area contributed by atoms with Crippen LogP contribution in [0.1, 0.15) is 67.2 Å². The molecule has 2 atom stereocenters. The highest BCUT2D eigenvalue weighted by molar-refractivity contribution is 5.95. The van der Waals surface area contributed by atoms with Crippen LogP contribution in [0.3, 0.4) is 0 Å². The minimum absolute atomic E-state index is 0.189. The van der Waals surface area contributed by atoms with Gasteiger partial charge >= 0.3 is 6.03 Å². The maximum atomic E-state index is 11.9. The minimum Gasteiger partial charge on any atom is -0.333 e. The van der Waals surface area contributed by atoms with Crippen molar-refractivity contribution in [3.63, 3.8) is 0 Å². The number of urea groups is 1. The Kier molecular flexibility index (Phi) is 6.41. The summed E-state index contributed by atoms with van der Waals surface area (Å²) in [6.07, 6.45) is 4.77. The zero-order valence-corrected chi connectivity index (χ0v) is 15.0. The molecular weight excluding hydrogens is 278 g/mol. The Morgan fingerprint density at radius 2 is 1.59 bits per heavy atom. The Morgan fingerprint density at radius 1 is 1.00 bits per heavy atom. The van der Waals surface area contributed by atoms with E-state index in [2.05, 4.69) is 36.7 Å². The van der Waals surface area contributed by atoms with E-state index in [0.29, 0.717) is 12.0 Å². The normalized spacial score (nSPS) is 23.0. The predicted octanol–water partition coefficient (Wildman–Crippen LogP) is 2.81. The molecule has 0 heterocycles. The number of hydrogen-bond donors (Lipinski definition) is 3. The van der Waals surface area contributed by atoms with Crippen molar-refractivity contribution in [3.8, 4) is 0 Å². The van der Waals surface area contributed by atoms with Crippen LogP contribution in [-0.4, -0.2) is 30.1 Å². The quantitative estimate of drug-likeness (QED) is 0.750. The molecule has 0 bridgehead atoms. The third kappa shape index (κ3) is 6.77. The zero-order valence-electron chi connectivity index (χ0n) is 15.0. The SMILES string of the molecule is CC(C)(C)NC(=O)NC(=O)CNC1CCCCC1C(C)(C)C. The molecular formula is C17H33N3O2. The van der Waals surface area contributed by atoms with Crippen molar-refractivity contribution in [1.29, 1.82) is 0 Å². The Labute approximate surface area is 135 Å². The van der Waals surface area contributed by atoms with E-state index in [1.807, 2.05) is 20.8 Å². The van der Waals surface area contributed by atoms with Gasteiger partial charge in [0.2, 0.25) is 5.91 Å². The summed E-state index contributed by atoms with van der Waals surface area (Å²) in [4.78, 5) is 23.6. The van der Waals surface area contributed by atoms with E-state index in [4.69, 9.17) is 0 Å². The van der Waals surface area contributed by atoms with E-state index in [-0.39, 0.29) is 23.4 Å². The summed E-state index contributed by atoms with van der Waals surface area (Å²) in [6, 6.07) is -0.0829. The number of rotatable bonds is 3. The lowest BCUT2D eigenvalue weighted by Crippen LogP contribution is -2.52. The molecule has 0 aromatic carbocycles. The molecule has 0 aliphatic heterocycles. The van der Waals surface area contributed by atoms with E-state index in [1.54, 1.807) is 0 Å². The van der Waals surface area contributed by atoms with Gasteiger partial charge in [-0.25, -0.2) is 4.79 Å². The molecule has 3 amide bonds. The van der Waals surface area contributed by atoms with Crippen molar-refractivity contribution in [3.05, 3.63) is 0 Å². The Bertz CT molecular complexity index is 394. The molecule has 5 nitrogen and oxygen atoms in total. The van der Waals surface area contributed by atoms with Gasteiger partial charge in [0, 0.05) is 11.6 Å². The summed E-state index contributed by atoms with van der Waals surface area (Å²) in [7, 11) is 0. The molecule has 22 heavy (non-hydrogen) atoms. The van der Waals surface area contributed by atoms with Gasteiger partial charge in [0.25, 0.3) is 0 Å². The third-order valence-corrected chi connectivity index (χ3v) is 4.14. The van der Waals surface area contributed by atoms with Crippen LogP contribution < -0.4 is 16.0 Å². The van der Waals surface area contributed by atoms with Crippen molar-refractivity contribution < 1.29 is 9.59 Å². The fourth-order valence-corrected chi connectivity index (χ4v) is 3.18. The van der Waals surface area contributed by atoms with Crippen molar-refractivity contribution in [2.75, 3.05) is 6.54 Å². The lowest BCUT2D eigenvalue weighted by atomic mass is 9.69. The first-order chi connectivity index (χ1) is 9.99. The van der Waals surface area contributed by atoms with Gasteiger partial charge in [-0.1, -0.05) is 33.6 Å². The van der Waals surface area contributed by atoms with Crippen LogP contribution in [0.2, 0.25) is 0 Å². The van der Waals surface area contributed by atoms with E-state index in [1.165, 1.54) is 19.3 Å². The second kappa shape index (κ2) is 7.44. The molecule has 1 aliphatic carbocycles. The molecule has 3 N–H and O–H groups in total. The molecule has 0 radical (unpaired) electrons. The molecule has 0 saturated heterocycles. The molecule has 1 aliphatic rings. The predicted molar refractivity (Wildman–Crippen MR) is 89.6 cm³/mol. The summed E-state index contributed by atoms with van der Waals surface area (Å²) in [5.74, 6) is 0.289. The lowest BCUT2D eigenvalue weighted by Gasteiger charge is -2.40. The van der Waals surface area contributed by atoms with Crippen LogP contribution in [0.5, 0.6) is 0 Å². The van der Waals surface area contributed by atoms with E-state index in [0.717, 1.165) is 6.42 Å². The molecule has 0 aromatic heterocycles. The zero-order chi connectivity index (χ0) is 17.0. The summed E-state index contributed by atoms with van der Waals surface area (Å²) in [5, 5.41) is 8.45. The van der Waals surface area contributed by atoms with Crippen LogP contribution >= 0.6 is 0 Å². The fourth-order valence-electron chi connectivity index (χ4n) is 3.18. The minimum atomic E-state index is -0.435. The number of amides is 3. The van der Waals surface area contributed by atoms with Crippen molar-refractivity contribution in [1.82, 2.24) is 16.0 Å². The molecule has 1 fully saturated rings. The van der Waals surface area contributed by atoms with Crippen molar-refractivity contribution in [2.45, 2.75) is 78.8 Å². The molecule has 5 heteroatoms. The summed E-state index contributed by atoms with van der Waals surface area (Å²) in [6.45, 7) is 12.6. The van der Waals surface area contributed by atoms with Crippen LogP contribution in [0, 0.1) is 11.3 Å². The number of imide groups is 1. The van der Waals surface area contributed by atoms with Crippen LogP contribution in [-0.2, 0) is 4.79 Å². The largest absolute Gasteiger partial charge is 0.333 e. The van der Waals surface area contributed by atoms with E-state index in [9.17, 15) is 9.59 Å². The van der Waals surface area contributed by atoms with E-state index >= 15 is 0 Å². The van der Waals surface area contributed by atoms with Crippen LogP contribution in [0.25, 0.3) is 0 Å². The monoisotopic (exact) mass is 311 g/mol. The molecule has 2 unspecified atom stereocenters. The number of hydrogen-bond acceptors (Lipinski definition) is 3. The first-order valence-corrected chi connectivity index (χ1v) is 8.34.